The molecule has 1 heterocycles. The van der Waals surface area contributed by atoms with Crippen molar-refractivity contribution in [1.29, 1.82) is 0 Å². The van der Waals surface area contributed by atoms with Crippen LogP contribution in [0.1, 0.15) is 44.7 Å². The van der Waals surface area contributed by atoms with Crippen molar-refractivity contribution in [2.45, 2.75) is 51.5 Å². The van der Waals surface area contributed by atoms with Crippen LogP contribution in [0.2, 0.25) is 5.02 Å². The standard InChI is InChI=1S/C19H23ClN2OS/c1-2-13-7-9-14(10-8-13)21-18(23)11-15-12-24-19(22-15)16-5-3-4-6-17(16)20/h3-6,12-14H,2,7-11H2,1H3,(H,21,23). The van der Waals surface area contributed by atoms with Gasteiger partial charge in [0.05, 0.1) is 17.1 Å². The maximum atomic E-state index is 12.3. The Morgan fingerprint density at radius 2 is 2.04 bits per heavy atom. The molecule has 0 spiro atoms. The van der Waals surface area contributed by atoms with Gasteiger partial charge in [0, 0.05) is 17.0 Å². The van der Waals surface area contributed by atoms with Gasteiger partial charge in [0.15, 0.2) is 0 Å². The van der Waals surface area contributed by atoms with E-state index in [0.29, 0.717) is 17.5 Å². The number of nitrogens with zero attached hydrogens (tertiary/aromatic N) is 1. The summed E-state index contributed by atoms with van der Waals surface area (Å²) >= 11 is 7.75. The van der Waals surface area contributed by atoms with Crippen LogP contribution in [0.15, 0.2) is 29.6 Å². The first-order chi connectivity index (χ1) is 11.7. The molecule has 5 heteroatoms. The molecule has 0 bridgehead atoms. The number of hydrogen-bond donors (Lipinski definition) is 1. The first-order valence-electron chi connectivity index (χ1n) is 8.64. The Morgan fingerprint density at radius 3 is 2.75 bits per heavy atom. The van der Waals surface area contributed by atoms with Gasteiger partial charge in [-0.1, -0.05) is 43.1 Å². The summed E-state index contributed by atoms with van der Waals surface area (Å²) in [5, 5.41) is 6.68. The lowest BCUT2D eigenvalue weighted by Gasteiger charge is -2.28. The summed E-state index contributed by atoms with van der Waals surface area (Å²) in [5.74, 6) is 0.917. The fraction of sp³-hybridized carbons (Fsp3) is 0.474. The largest absolute Gasteiger partial charge is 0.353 e. The van der Waals surface area contributed by atoms with Crippen molar-refractivity contribution in [3.8, 4) is 10.6 Å². The van der Waals surface area contributed by atoms with E-state index in [0.717, 1.165) is 35.0 Å². The molecular formula is C19H23ClN2OS. The smallest absolute Gasteiger partial charge is 0.226 e. The number of halogens is 1. The molecule has 0 unspecified atom stereocenters. The zero-order valence-electron chi connectivity index (χ0n) is 13.9. The second kappa shape index (κ2) is 8.13. The van der Waals surface area contributed by atoms with Crippen LogP contribution in [0.5, 0.6) is 0 Å². The van der Waals surface area contributed by atoms with E-state index < -0.39 is 0 Å². The van der Waals surface area contributed by atoms with Crippen LogP contribution in [0, 0.1) is 5.92 Å². The number of carbonyl (C=O) groups is 1. The third-order valence-electron chi connectivity index (χ3n) is 4.79. The van der Waals surface area contributed by atoms with E-state index in [1.54, 1.807) is 0 Å². The van der Waals surface area contributed by atoms with Crippen LogP contribution >= 0.6 is 22.9 Å². The molecule has 1 fully saturated rings. The summed E-state index contributed by atoms with van der Waals surface area (Å²) in [6.45, 7) is 2.25. The van der Waals surface area contributed by atoms with Crippen LogP contribution < -0.4 is 5.32 Å². The van der Waals surface area contributed by atoms with Crippen molar-refractivity contribution in [2.75, 3.05) is 0 Å². The Morgan fingerprint density at radius 1 is 1.29 bits per heavy atom. The van der Waals surface area contributed by atoms with Gasteiger partial charge in [-0.25, -0.2) is 4.98 Å². The van der Waals surface area contributed by atoms with E-state index in [2.05, 4.69) is 17.2 Å². The fourth-order valence-corrected chi connectivity index (χ4v) is 4.44. The summed E-state index contributed by atoms with van der Waals surface area (Å²) in [4.78, 5) is 16.8. The number of nitrogens with one attached hydrogen (secondary N) is 1. The van der Waals surface area contributed by atoms with E-state index >= 15 is 0 Å². The highest BCUT2D eigenvalue weighted by Crippen LogP contribution is 2.30. The molecule has 1 N–H and O–H groups in total. The monoisotopic (exact) mass is 362 g/mol. The fourth-order valence-electron chi connectivity index (χ4n) is 3.30. The van der Waals surface area contributed by atoms with Gasteiger partial charge in [-0.3, -0.25) is 4.79 Å². The minimum atomic E-state index is 0.0750. The molecular weight excluding hydrogens is 340 g/mol. The number of rotatable bonds is 5. The first-order valence-corrected chi connectivity index (χ1v) is 9.90. The zero-order valence-corrected chi connectivity index (χ0v) is 15.5. The molecule has 2 aromatic rings. The number of aromatic nitrogens is 1. The van der Waals surface area contributed by atoms with Gasteiger partial charge >= 0.3 is 0 Å². The summed E-state index contributed by atoms with van der Waals surface area (Å²) in [6, 6.07) is 8.00. The van der Waals surface area contributed by atoms with E-state index in [1.165, 1.54) is 30.6 Å². The molecule has 1 amide bonds. The molecule has 24 heavy (non-hydrogen) atoms. The molecule has 3 rings (SSSR count). The summed E-state index contributed by atoms with van der Waals surface area (Å²) < 4.78 is 0. The molecule has 0 atom stereocenters. The van der Waals surface area contributed by atoms with Crippen molar-refractivity contribution in [1.82, 2.24) is 10.3 Å². The molecule has 1 saturated carbocycles. The van der Waals surface area contributed by atoms with E-state index in [4.69, 9.17) is 11.6 Å². The van der Waals surface area contributed by atoms with Gasteiger partial charge in [-0.2, -0.15) is 0 Å². The first kappa shape index (κ1) is 17.4. The van der Waals surface area contributed by atoms with Gasteiger partial charge in [-0.15, -0.1) is 11.3 Å². The zero-order chi connectivity index (χ0) is 16.9. The highest BCUT2D eigenvalue weighted by atomic mass is 35.5. The maximum Gasteiger partial charge on any atom is 0.226 e. The van der Waals surface area contributed by atoms with Crippen molar-refractivity contribution in [3.05, 3.63) is 40.4 Å². The van der Waals surface area contributed by atoms with E-state index in [-0.39, 0.29) is 5.91 Å². The minimum absolute atomic E-state index is 0.0750. The van der Waals surface area contributed by atoms with Gasteiger partial charge in [0.1, 0.15) is 5.01 Å². The Labute approximate surface area is 152 Å². The van der Waals surface area contributed by atoms with Crippen molar-refractivity contribution in [2.24, 2.45) is 5.92 Å². The SMILES string of the molecule is CCC1CCC(NC(=O)Cc2csc(-c3ccccc3Cl)n2)CC1. The predicted molar refractivity (Wildman–Crippen MR) is 100 cm³/mol. The topological polar surface area (TPSA) is 42.0 Å². The summed E-state index contributed by atoms with van der Waals surface area (Å²) in [7, 11) is 0. The van der Waals surface area contributed by atoms with Gasteiger partial charge < -0.3 is 5.32 Å². The van der Waals surface area contributed by atoms with Crippen LogP contribution in [0.4, 0.5) is 0 Å². The molecule has 0 saturated heterocycles. The second-order valence-electron chi connectivity index (χ2n) is 6.49. The van der Waals surface area contributed by atoms with E-state index in [1.807, 2.05) is 29.6 Å². The van der Waals surface area contributed by atoms with E-state index in [9.17, 15) is 4.79 Å². The Kier molecular flexibility index (Phi) is 5.90. The molecule has 1 aliphatic carbocycles. The van der Waals surface area contributed by atoms with Gasteiger partial charge in [0.2, 0.25) is 5.91 Å². The number of hydrogen-bond acceptors (Lipinski definition) is 3. The predicted octanol–water partition coefficient (Wildman–Crippen LogP) is 5.09. The van der Waals surface area contributed by atoms with Gasteiger partial charge in [-0.05, 0) is 37.7 Å². The molecule has 0 radical (unpaired) electrons. The highest BCUT2D eigenvalue weighted by molar-refractivity contribution is 7.13. The molecule has 1 aliphatic rings. The van der Waals surface area contributed by atoms with Crippen LogP contribution in [0.3, 0.4) is 0 Å². The third-order valence-corrected chi connectivity index (χ3v) is 6.04. The Balaban J connectivity index is 1.55. The molecule has 0 aliphatic heterocycles. The van der Waals surface area contributed by atoms with Crippen LogP contribution in [0.25, 0.3) is 10.6 Å². The summed E-state index contributed by atoms with van der Waals surface area (Å²) in [5.41, 5.74) is 1.74. The lowest BCUT2D eigenvalue weighted by Crippen LogP contribution is -2.38. The normalized spacial score (nSPS) is 20.8. The Hall–Kier alpha value is -1.39. The van der Waals surface area contributed by atoms with Crippen LogP contribution in [-0.4, -0.2) is 16.9 Å². The third kappa shape index (κ3) is 4.37. The summed E-state index contributed by atoms with van der Waals surface area (Å²) in [6.07, 6.45) is 6.26. The quantitative estimate of drug-likeness (QED) is 0.804. The average Bonchev–Trinajstić information content (AvgIpc) is 3.04. The van der Waals surface area contributed by atoms with Crippen molar-refractivity contribution < 1.29 is 4.79 Å². The number of thiazole rings is 1. The second-order valence-corrected chi connectivity index (χ2v) is 7.76. The lowest BCUT2D eigenvalue weighted by atomic mass is 9.84. The maximum absolute atomic E-state index is 12.3. The molecule has 3 nitrogen and oxygen atoms in total. The minimum Gasteiger partial charge on any atom is -0.353 e. The van der Waals surface area contributed by atoms with Crippen molar-refractivity contribution in [3.63, 3.8) is 0 Å². The lowest BCUT2D eigenvalue weighted by molar-refractivity contribution is -0.121. The highest BCUT2D eigenvalue weighted by Gasteiger charge is 2.21. The number of amides is 1. The molecule has 1 aromatic heterocycles. The molecule has 1 aromatic carbocycles. The molecule has 128 valence electrons. The number of carbonyl (C=O) groups excluding carboxylic acids is 1. The van der Waals surface area contributed by atoms with Crippen molar-refractivity contribution >= 4 is 28.8 Å². The van der Waals surface area contributed by atoms with Gasteiger partial charge in [0.25, 0.3) is 0 Å². The average molecular weight is 363 g/mol. The number of benzene rings is 1. The van der Waals surface area contributed by atoms with Crippen LogP contribution in [-0.2, 0) is 11.2 Å². The Bertz CT molecular complexity index is 692.